The molecule has 0 aliphatic heterocycles. The van der Waals surface area contributed by atoms with E-state index < -0.39 is 6.67 Å². The summed E-state index contributed by atoms with van der Waals surface area (Å²) in [6, 6.07) is 5.48. The van der Waals surface area contributed by atoms with Crippen molar-refractivity contribution in [3.63, 3.8) is 0 Å². The molecular formula is C12H15ClFN. The lowest BCUT2D eigenvalue weighted by Gasteiger charge is -2.26. The SMILES string of the molecule is NC1(c2cccc(Cl)c2CF)CCCC1. The molecule has 1 saturated carbocycles. The van der Waals surface area contributed by atoms with Crippen molar-refractivity contribution < 1.29 is 4.39 Å². The lowest BCUT2D eigenvalue weighted by Crippen LogP contribution is -2.34. The Hall–Kier alpha value is -0.600. The third kappa shape index (κ3) is 1.88. The number of benzene rings is 1. The van der Waals surface area contributed by atoms with Gasteiger partial charge in [0, 0.05) is 16.1 Å². The average molecular weight is 228 g/mol. The Kier molecular flexibility index (Phi) is 2.98. The highest BCUT2D eigenvalue weighted by Gasteiger charge is 2.33. The fraction of sp³-hybridized carbons (Fsp3) is 0.500. The molecule has 82 valence electrons. The molecule has 2 N–H and O–H groups in total. The number of hydrogen-bond donors (Lipinski definition) is 1. The maximum absolute atomic E-state index is 12.9. The molecule has 0 heterocycles. The minimum Gasteiger partial charge on any atom is -0.321 e. The van der Waals surface area contributed by atoms with E-state index in [0.717, 1.165) is 31.2 Å². The highest BCUT2D eigenvalue weighted by molar-refractivity contribution is 6.31. The zero-order chi connectivity index (χ0) is 10.9. The molecule has 1 aromatic carbocycles. The smallest absolute Gasteiger partial charge is 0.116 e. The van der Waals surface area contributed by atoms with Crippen LogP contribution in [0.4, 0.5) is 4.39 Å². The van der Waals surface area contributed by atoms with Crippen molar-refractivity contribution in [2.45, 2.75) is 37.9 Å². The molecule has 1 aliphatic rings. The molecule has 0 aromatic heterocycles. The molecule has 2 rings (SSSR count). The van der Waals surface area contributed by atoms with Crippen molar-refractivity contribution in [1.82, 2.24) is 0 Å². The molecule has 1 nitrogen and oxygen atoms in total. The first kappa shape index (κ1) is 10.9. The number of nitrogens with two attached hydrogens (primary N) is 1. The first-order valence-corrected chi connectivity index (χ1v) is 5.68. The van der Waals surface area contributed by atoms with E-state index in [4.69, 9.17) is 17.3 Å². The molecule has 15 heavy (non-hydrogen) atoms. The van der Waals surface area contributed by atoms with Crippen LogP contribution in [0.5, 0.6) is 0 Å². The summed E-state index contributed by atoms with van der Waals surface area (Å²) in [5.74, 6) is 0. The van der Waals surface area contributed by atoms with Gasteiger partial charge in [0.05, 0.1) is 0 Å². The Morgan fingerprint density at radius 3 is 2.60 bits per heavy atom. The monoisotopic (exact) mass is 227 g/mol. The molecule has 3 heteroatoms. The van der Waals surface area contributed by atoms with Crippen LogP contribution in [0.15, 0.2) is 18.2 Å². The molecule has 1 fully saturated rings. The highest BCUT2D eigenvalue weighted by atomic mass is 35.5. The summed E-state index contributed by atoms with van der Waals surface area (Å²) in [5.41, 5.74) is 7.42. The van der Waals surface area contributed by atoms with Crippen LogP contribution >= 0.6 is 11.6 Å². The molecule has 1 aromatic rings. The van der Waals surface area contributed by atoms with Gasteiger partial charge in [0.15, 0.2) is 0 Å². The number of hydrogen-bond acceptors (Lipinski definition) is 1. The lowest BCUT2D eigenvalue weighted by atomic mass is 9.86. The van der Waals surface area contributed by atoms with Gasteiger partial charge in [-0.25, -0.2) is 4.39 Å². The van der Waals surface area contributed by atoms with Gasteiger partial charge in [-0.15, -0.1) is 0 Å². The summed E-state index contributed by atoms with van der Waals surface area (Å²) in [6.45, 7) is -0.534. The largest absolute Gasteiger partial charge is 0.321 e. The quantitative estimate of drug-likeness (QED) is 0.822. The third-order valence-corrected chi connectivity index (χ3v) is 3.64. The van der Waals surface area contributed by atoms with Gasteiger partial charge in [0.2, 0.25) is 0 Å². The summed E-state index contributed by atoms with van der Waals surface area (Å²) in [4.78, 5) is 0. The molecule has 0 unspecified atom stereocenters. The van der Waals surface area contributed by atoms with Crippen LogP contribution in [0.3, 0.4) is 0 Å². The van der Waals surface area contributed by atoms with E-state index in [2.05, 4.69) is 0 Å². The first-order valence-electron chi connectivity index (χ1n) is 5.30. The molecule has 1 aliphatic carbocycles. The maximum atomic E-state index is 12.9. The number of alkyl halides is 1. The predicted molar refractivity (Wildman–Crippen MR) is 60.6 cm³/mol. The third-order valence-electron chi connectivity index (χ3n) is 3.28. The first-order chi connectivity index (χ1) is 7.17. The van der Waals surface area contributed by atoms with E-state index >= 15 is 0 Å². The lowest BCUT2D eigenvalue weighted by molar-refractivity contribution is 0.433. The minimum atomic E-state index is -0.534. The van der Waals surface area contributed by atoms with Crippen LogP contribution < -0.4 is 5.73 Å². The van der Waals surface area contributed by atoms with Crippen LogP contribution in [0, 0.1) is 0 Å². The summed E-state index contributed by atoms with van der Waals surface area (Å²) in [7, 11) is 0. The minimum absolute atomic E-state index is 0.355. The normalized spacial score (nSPS) is 19.4. The molecule has 0 spiro atoms. The number of halogens is 2. The fourth-order valence-corrected chi connectivity index (χ4v) is 2.66. The van der Waals surface area contributed by atoms with Crippen LogP contribution in [-0.4, -0.2) is 0 Å². The van der Waals surface area contributed by atoms with Gasteiger partial charge in [-0.2, -0.15) is 0 Å². The molecular weight excluding hydrogens is 213 g/mol. The van der Waals surface area contributed by atoms with Gasteiger partial charge in [-0.1, -0.05) is 36.6 Å². The zero-order valence-corrected chi connectivity index (χ0v) is 9.36. The summed E-state index contributed by atoms with van der Waals surface area (Å²) < 4.78 is 12.9. The van der Waals surface area contributed by atoms with Crippen molar-refractivity contribution in [2.24, 2.45) is 5.73 Å². The van der Waals surface area contributed by atoms with E-state index in [1.807, 2.05) is 12.1 Å². The standard InChI is InChI=1S/C12H15ClFN/c13-11-5-3-4-10(9(11)8-14)12(15)6-1-2-7-12/h3-5H,1-2,6-8,15H2. The fourth-order valence-electron chi connectivity index (χ4n) is 2.44. The Labute approximate surface area is 94.4 Å². The Morgan fingerprint density at radius 1 is 1.33 bits per heavy atom. The van der Waals surface area contributed by atoms with Crippen molar-refractivity contribution in [1.29, 1.82) is 0 Å². The van der Waals surface area contributed by atoms with Crippen LogP contribution in [0.2, 0.25) is 5.02 Å². The van der Waals surface area contributed by atoms with Gasteiger partial charge in [0.1, 0.15) is 6.67 Å². The van der Waals surface area contributed by atoms with Crippen molar-refractivity contribution in [2.75, 3.05) is 0 Å². The van der Waals surface area contributed by atoms with Crippen molar-refractivity contribution in [3.05, 3.63) is 34.3 Å². The maximum Gasteiger partial charge on any atom is 0.116 e. The summed E-state index contributed by atoms with van der Waals surface area (Å²) in [6.07, 6.45) is 4.10. The number of rotatable bonds is 2. The van der Waals surface area contributed by atoms with Gasteiger partial charge >= 0.3 is 0 Å². The molecule has 0 bridgehead atoms. The van der Waals surface area contributed by atoms with E-state index in [1.165, 1.54) is 0 Å². The molecule has 0 amide bonds. The Balaban J connectivity index is 2.47. The van der Waals surface area contributed by atoms with Gasteiger partial charge in [0.25, 0.3) is 0 Å². The summed E-state index contributed by atoms with van der Waals surface area (Å²) in [5, 5.41) is 0.492. The second-order valence-electron chi connectivity index (χ2n) is 4.26. The van der Waals surface area contributed by atoms with Crippen LogP contribution in [-0.2, 0) is 12.2 Å². The molecule has 0 saturated heterocycles. The Bertz CT molecular complexity index is 359. The second kappa shape index (κ2) is 4.11. The second-order valence-corrected chi connectivity index (χ2v) is 4.67. The summed E-state index contributed by atoms with van der Waals surface area (Å²) >= 11 is 5.97. The van der Waals surface area contributed by atoms with Gasteiger partial charge in [-0.05, 0) is 24.5 Å². The van der Waals surface area contributed by atoms with E-state index in [0.29, 0.717) is 10.6 Å². The van der Waals surface area contributed by atoms with Crippen LogP contribution in [0.25, 0.3) is 0 Å². The van der Waals surface area contributed by atoms with Crippen LogP contribution in [0.1, 0.15) is 36.8 Å². The topological polar surface area (TPSA) is 26.0 Å². The zero-order valence-electron chi connectivity index (χ0n) is 8.60. The van der Waals surface area contributed by atoms with Crippen molar-refractivity contribution in [3.8, 4) is 0 Å². The van der Waals surface area contributed by atoms with E-state index in [9.17, 15) is 4.39 Å². The average Bonchev–Trinajstić information content (AvgIpc) is 2.66. The van der Waals surface area contributed by atoms with Gasteiger partial charge in [-0.3, -0.25) is 0 Å². The van der Waals surface area contributed by atoms with E-state index in [-0.39, 0.29) is 5.54 Å². The van der Waals surface area contributed by atoms with E-state index in [1.54, 1.807) is 6.07 Å². The molecule has 0 atom stereocenters. The predicted octanol–water partition coefficient (Wildman–Crippen LogP) is 3.54. The highest BCUT2D eigenvalue weighted by Crippen LogP contribution is 2.39. The molecule has 0 radical (unpaired) electrons. The van der Waals surface area contributed by atoms with Gasteiger partial charge < -0.3 is 5.73 Å². The Morgan fingerprint density at radius 2 is 2.00 bits per heavy atom. The van der Waals surface area contributed by atoms with Crippen molar-refractivity contribution >= 4 is 11.6 Å².